The topological polar surface area (TPSA) is 79.3 Å². The maximum Gasteiger partial charge on any atom is 0.272 e. The predicted molar refractivity (Wildman–Crippen MR) is 84.7 cm³/mol. The zero-order valence-electron chi connectivity index (χ0n) is 12.0. The number of hydrogen-bond acceptors (Lipinski definition) is 3. The molecule has 0 fully saturated rings. The quantitative estimate of drug-likeness (QED) is 0.762. The summed E-state index contributed by atoms with van der Waals surface area (Å²) in [7, 11) is 0. The van der Waals surface area contributed by atoms with Crippen LogP contribution in [0.4, 0.5) is 5.69 Å². The molecule has 2 heterocycles. The molecule has 22 heavy (non-hydrogen) atoms. The smallest absolute Gasteiger partial charge is 0.272 e. The molecule has 0 radical (unpaired) electrons. The Morgan fingerprint density at radius 1 is 1.36 bits per heavy atom. The normalized spacial score (nSPS) is 10.9. The molecule has 0 saturated heterocycles. The summed E-state index contributed by atoms with van der Waals surface area (Å²) >= 11 is 6.04. The number of nitrogens with zero attached hydrogens (tertiary/aromatic N) is 2. The number of aromatic nitrogens is 3. The third-order valence-corrected chi connectivity index (χ3v) is 3.80. The summed E-state index contributed by atoms with van der Waals surface area (Å²) < 4.78 is 1.23. The molecule has 0 saturated carbocycles. The molecular formula is C15H13ClN4O2. The van der Waals surface area contributed by atoms with Gasteiger partial charge in [0.1, 0.15) is 5.56 Å². The van der Waals surface area contributed by atoms with Crippen molar-refractivity contribution >= 4 is 28.8 Å². The number of H-pyrrole nitrogens is 1. The highest BCUT2D eigenvalue weighted by atomic mass is 35.5. The summed E-state index contributed by atoms with van der Waals surface area (Å²) in [5.41, 5.74) is 2.27. The maximum absolute atomic E-state index is 12.4. The standard InChI is InChI=1S/C15H13ClN4O2/c1-8-6-13(21)20-14(18-8)10(7-17-20)15(22)19-12-5-3-4-11(16)9(12)2/h3-7,17H,1-2H3,(H,19,22). The van der Waals surface area contributed by atoms with E-state index in [-0.39, 0.29) is 11.5 Å². The largest absolute Gasteiger partial charge is 0.322 e. The zero-order valence-corrected chi connectivity index (χ0v) is 12.7. The fourth-order valence-electron chi connectivity index (χ4n) is 2.20. The van der Waals surface area contributed by atoms with Crippen molar-refractivity contribution in [3.63, 3.8) is 0 Å². The fraction of sp³-hybridized carbons (Fsp3) is 0.133. The molecule has 112 valence electrons. The van der Waals surface area contributed by atoms with Crippen molar-refractivity contribution in [2.45, 2.75) is 13.8 Å². The van der Waals surface area contributed by atoms with Crippen LogP contribution in [0.5, 0.6) is 0 Å². The number of fused-ring (bicyclic) bond motifs is 1. The molecule has 1 aromatic carbocycles. The number of carbonyl (C=O) groups is 1. The molecule has 1 amide bonds. The number of anilines is 1. The molecule has 6 nitrogen and oxygen atoms in total. The van der Waals surface area contributed by atoms with Crippen LogP contribution < -0.4 is 10.9 Å². The van der Waals surface area contributed by atoms with Crippen molar-refractivity contribution in [3.05, 3.63) is 62.7 Å². The highest BCUT2D eigenvalue weighted by molar-refractivity contribution is 6.31. The van der Waals surface area contributed by atoms with E-state index in [0.717, 1.165) is 5.56 Å². The lowest BCUT2D eigenvalue weighted by molar-refractivity contribution is 0.102. The van der Waals surface area contributed by atoms with Gasteiger partial charge in [0.25, 0.3) is 11.5 Å². The van der Waals surface area contributed by atoms with Gasteiger partial charge in [0, 0.05) is 28.7 Å². The van der Waals surface area contributed by atoms with Crippen molar-refractivity contribution < 1.29 is 4.79 Å². The zero-order chi connectivity index (χ0) is 15.9. The van der Waals surface area contributed by atoms with E-state index in [1.54, 1.807) is 25.1 Å². The second kappa shape index (κ2) is 5.31. The molecule has 0 aliphatic carbocycles. The van der Waals surface area contributed by atoms with E-state index in [2.05, 4.69) is 15.4 Å². The Morgan fingerprint density at radius 2 is 2.14 bits per heavy atom. The van der Waals surface area contributed by atoms with Gasteiger partial charge >= 0.3 is 0 Å². The minimum atomic E-state index is -0.360. The van der Waals surface area contributed by atoms with Gasteiger partial charge in [0.15, 0.2) is 5.65 Å². The molecule has 0 bridgehead atoms. The number of hydrogen-bond donors (Lipinski definition) is 2. The van der Waals surface area contributed by atoms with Crippen LogP contribution in [0.2, 0.25) is 5.02 Å². The monoisotopic (exact) mass is 316 g/mol. The number of amides is 1. The van der Waals surface area contributed by atoms with Gasteiger partial charge in [0.2, 0.25) is 0 Å². The van der Waals surface area contributed by atoms with E-state index in [9.17, 15) is 9.59 Å². The number of nitrogens with one attached hydrogen (secondary N) is 2. The first-order valence-corrected chi connectivity index (χ1v) is 6.99. The van der Waals surface area contributed by atoms with Crippen LogP contribution >= 0.6 is 11.6 Å². The molecule has 2 N–H and O–H groups in total. The lowest BCUT2D eigenvalue weighted by Gasteiger charge is -2.08. The van der Waals surface area contributed by atoms with Crippen molar-refractivity contribution in [3.8, 4) is 0 Å². The first kappa shape index (κ1) is 14.3. The highest BCUT2D eigenvalue weighted by Crippen LogP contribution is 2.23. The van der Waals surface area contributed by atoms with Gasteiger partial charge in [-0.3, -0.25) is 14.7 Å². The van der Waals surface area contributed by atoms with E-state index < -0.39 is 0 Å². The maximum atomic E-state index is 12.4. The lowest BCUT2D eigenvalue weighted by Crippen LogP contribution is -2.17. The Bertz CT molecular complexity index is 942. The predicted octanol–water partition coefficient (Wildman–Crippen LogP) is 2.55. The summed E-state index contributed by atoms with van der Waals surface area (Å²) in [5.74, 6) is -0.360. The van der Waals surface area contributed by atoms with Crippen LogP contribution in [0.15, 0.2) is 35.3 Å². The molecule has 0 unspecified atom stereocenters. The fourth-order valence-corrected chi connectivity index (χ4v) is 2.37. The summed E-state index contributed by atoms with van der Waals surface area (Å²) in [6.07, 6.45) is 1.46. The highest BCUT2D eigenvalue weighted by Gasteiger charge is 2.16. The minimum absolute atomic E-state index is 0.263. The third kappa shape index (κ3) is 2.37. The summed E-state index contributed by atoms with van der Waals surface area (Å²) in [6, 6.07) is 6.67. The average molecular weight is 317 g/mol. The molecule has 0 aliphatic rings. The summed E-state index contributed by atoms with van der Waals surface area (Å²) in [4.78, 5) is 28.5. The summed E-state index contributed by atoms with van der Waals surface area (Å²) in [5, 5.41) is 6.09. The van der Waals surface area contributed by atoms with Gasteiger partial charge in [-0.05, 0) is 31.5 Å². The first-order valence-electron chi connectivity index (χ1n) is 6.61. The molecule has 0 atom stereocenters. The number of halogens is 1. The molecule has 7 heteroatoms. The first-order chi connectivity index (χ1) is 10.5. The van der Waals surface area contributed by atoms with Crippen molar-refractivity contribution in [1.82, 2.24) is 14.6 Å². The number of aryl methyl sites for hydroxylation is 1. The van der Waals surface area contributed by atoms with E-state index >= 15 is 0 Å². The Hall–Kier alpha value is -2.60. The Balaban J connectivity index is 2.03. The van der Waals surface area contributed by atoms with Gasteiger partial charge in [-0.15, -0.1) is 0 Å². The number of benzene rings is 1. The number of rotatable bonds is 2. The third-order valence-electron chi connectivity index (χ3n) is 3.39. The van der Waals surface area contributed by atoms with Crippen LogP contribution in [0, 0.1) is 13.8 Å². The second-order valence-corrected chi connectivity index (χ2v) is 5.36. The van der Waals surface area contributed by atoms with Gasteiger partial charge in [-0.2, -0.15) is 0 Å². The second-order valence-electron chi connectivity index (χ2n) is 4.95. The van der Waals surface area contributed by atoms with E-state index in [0.29, 0.717) is 27.6 Å². The van der Waals surface area contributed by atoms with E-state index in [4.69, 9.17) is 11.6 Å². The van der Waals surface area contributed by atoms with Gasteiger partial charge in [0.05, 0.1) is 0 Å². The van der Waals surface area contributed by atoms with Crippen molar-refractivity contribution in [2.75, 3.05) is 5.32 Å². The lowest BCUT2D eigenvalue weighted by atomic mass is 10.2. The Morgan fingerprint density at radius 3 is 2.91 bits per heavy atom. The molecular weight excluding hydrogens is 304 g/mol. The van der Waals surface area contributed by atoms with E-state index in [1.807, 2.05) is 6.92 Å². The minimum Gasteiger partial charge on any atom is -0.322 e. The summed E-state index contributed by atoms with van der Waals surface area (Å²) in [6.45, 7) is 3.53. The van der Waals surface area contributed by atoms with Crippen molar-refractivity contribution in [2.24, 2.45) is 0 Å². The average Bonchev–Trinajstić information content (AvgIpc) is 2.88. The van der Waals surface area contributed by atoms with E-state index in [1.165, 1.54) is 16.8 Å². The van der Waals surface area contributed by atoms with Crippen LogP contribution in [0.3, 0.4) is 0 Å². The van der Waals surface area contributed by atoms with Gasteiger partial charge in [-0.25, -0.2) is 9.50 Å². The SMILES string of the molecule is Cc1cc(=O)n2[nH]cc(C(=O)Nc3cccc(Cl)c3C)c2n1. The molecule has 3 rings (SSSR count). The Kier molecular flexibility index (Phi) is 3.46. The van der Waals surface area contributed by atoms with Gasteiger partial charge in [-0.1, -0.05) is 17.7 Å². The van der Waals surface area contributed by atoms with Crippen molar-refractivity contribution in [1.29, 1.82) is 0 Å². The molecule has 2 aromatic heterocycles. The number of aromatic amines is 1. The molecule has 0 aliphatic heterocycles. The number of carbonyl (C=O) groups excluding carboxylic acids is 1. The Labute approximate surface area is 130 Å². The van der Waals surface area contributed by atoms with Crippen LogP contribution in [0.25, 0.3) is 5.65 Å². The van der Waals surface area contributed by atoms with Crippen LogP contribution in [0.1, 0.15) is 21.6 Å². The van der Waals surface area contributed by atoms with Crippen LogP contribution in [-0.4, -0.2) is 20.5 Å². The molecule has 3 aromatic rings. The van der Waals surface area contributed by atoms with Crippen LogP contribution in [-0.2, 0) is 0 Å². The molecule has 0 spiro atoms. The van der Waals surface area contributed by atoms with Gasteiger partial charge < -0.3 is 5.32 Å².